The molecule has 1 aliphatic heterocycles. The molecule has 2 unspecified atom stereocenters. The highest BCUT2D eigenvalue weighted by molar-refractivity contribution is 7.10. The first-order valence-electron chi connectivity index (χ1n) is 9.68. The SMILES string of the molecule is CN=C(NCc1c(C)nn(C)c1C)NCC1CCCN(C)C1c1cccs1. The van der Waals surface area contributed by atoms with Crippen LogP contribution in [-0.2, 0) is 13.6 Å². The van der Waals surface area contributed by atoms with E-state index in [-0.39, 0.29) is 0 Å². The van der Waals surface area contributed by atoms with Gasteiger partial charge < -0.3 is 10.6 Å². The van der Waals surface area contributed by atoms with Gasteiger partial charge in [-0.3, -0.25) is 14.6 Å². The fourth-order valence-electron chi connectivity index (χ4n) is 4.08. The van der Waals surface area contributed by atoms with E-state index in [1.54, 1.807) is 0 Å². The Balaban J connectivity index is 1.60. The van der Waals surface area contributed by atoms with E-state index in [2.05, 4.69) is 64.0 Å². The molecule has 2 aromatic heterocycles. The molecule has 0 bridgehead atoms. The van der Waals surface area contributed by atoms with Crippen molar-refractivity contribution in [1.29, 1.82) is 0 Å². The molecule has 0 aromatic carbocycles. The van der Waals surface area contributed by atoms with Crippen LogP contribution < -0.4 is 10.6 Å². The highest BCUT2D eigenvalue weighted by atomic mass is 32.1. The van der Waals surface area contributed by atoms with Gasteiger partial charge in [-0.2, -0.15) is 5.10 Å². The van der Waals surface area contributed by atoms with Crippen LogP contribution in [0.4, 0.5) is 0 Å². The smallest absolute Gasteiger partial charge is 0.191 e. The molecule has 0 radical (unpaired) electrons. The Morgan fingerprint density at radius 3 is 2.78 bits per heavy atom. The average molecular weight is 389 g/mol. The van der Waals surface area contributed by atoms with Crippen LogP contribution in [0, 0.1) is 19.8 Å². The molecule has 2 N–H and O–H groups in total. The van der Waals surface area contributed by atoms with E-state index >= 15 is 0 Å². The minimum atomic E-state index is 0.493. The maximum absolute atomic E-state index is 4.49. The fourth-order valence-corrected chi connectivity index (χ4v) is 5.06. The first-order valence-corrected chi connectivity index (χ1v) is 10.6. The largest absolute Gasteiger partial charge is 0.356 e. The second-order valence-corrected chi connectivity index (χ2v) is 8.40. The third-order valence-electron chi connectivity index (χ3n) is 5.69. The molecule has 2 atom stereocenters. The molecule has 0 aliphatic carbocycles. The van der Waals surface area contributed by atoms with Gasteiger partial charge in [0, 0.05) is 49.4 Å². The zero-order valence-corrected chi connectivity index (χ0v) is 17.9. The Morgan fingerprint density at radius 2 is 2.15 bits per heavy atom. The lowest BCUT2D eigenvalue weighted by molar-refractivity contribution is 0.125. The summed E-state index contributed by atoms with van der Waals surface area (Å²) >= 11 is 1.87. The number of rotatable bonds is 5. The standard InChI is InChI=1S/C20H32N6S/c1-14-17(15(2)26(5)24-14)13-23-20(21-3)22-12-16-8-6-10-25(4)19(16)18-9-7-11-27-18/h7,9,11,16,19H,6,8,10,12-13H2,1-5H3,(H2,21,22,23). The number of guanidine groups is 1. The summed E-state index contributed by atoms with van der Waals surface area (Å²) in [4.78, 5) is 8.38. The van der Waals surface area contributed by atoms with E-state index in [4.69, 9.17) is 0 Å². The number of hydrogen-bond donors (Lipinski definition) is 2. The molecule has 148 valence electrons. The molecule has 2 aromatic rings. The monoisotopic (exact) mass is 388 g/mol. The minimum Gasteiger partial charge on any atom is -0.356 e. The Hall–Kier alpha value is -1.86. The van der Waals surface area contributed by atoms with Crippen molar-refractivity contribution in [3.8, 4) is 0 Å². The van der Waals surface area contributed by atoms with Crippen LogP contribution in [0.25, 0.3) is 0 Å². The number of nitrogens with one attached hydrogen (secondary N) is 2. The van der Waals surface area contributed by atoms with Gasteiger partial charge in [-0.05, 0) is 57.6 Å². The Labute approximate surface area is 166 Å². The van der Waals surface area contributed by atoms with Crippen LogP contribution in [0.5, 0.6) is 0 Å². The van der Waals surface area contributed by atoms with Gasteiger partial charge in [0.1, 0.15) is 0 Å². The number of aryl methyl sites for hydroxylation is 2. The average Bonchev–Trinajstić information content (AvgIpc) is 3.25. The van der Waals surface area contributed by atoms with E-state index in [9.17, 15) is 0 Å². The van der Waals surface area contributed by atoms with E-state index in [1.165, 1.54) is 35.5 Å². The molecule has 7 heteroatoms. The summed E-state index contributed by atoms with van der Waals surface area (Å²) in [6.07, 6.45) is 2.50. The molecule has 3 rings (SSSR count). The van der Waals surface area contributed by atoms with Crippen LogP contribution in [-0.4, -0.2) is 47.8 Å². The first-order chi connectivity index (χ1) is 13.0. The predicted octanol–water partition coefficient (Wildman–Crippen LogP) is 2.85. The minimum absolute atomic E-state index is 0.493. The predicted molar refractivity (Wildman–Crippen MR) is 113 cm³/mol. The van der Waals surface area contributed by atoms with Gasteiger partial charge in [0.05, 0.1) is 5.69 Å². The van der Waals surface area contributed by atoms with Crippen LogP contribution >= 0.6 is 11.3 Å². The first kappa shape index (κ1) is 19.9. The number of aliphatic imine (C=N–C) groups is 1. The molecule has 0 saturated carbocycles. The van der Waals surface area contributed by atoms with Gasteiger partial charge in [-0.25, -0.2) is 0 Å². The number of nitrogens with zero attached hydrogens (tertiary/aromatic N) is 4. The maximum atomic E-state index is 4.49. The summed E-state index contributed by atoms with van der Waals surface area (Å²) in [5, 5.41) is 13.7. The number of aromatic nitrogens is 2. The molecule has 1 fully saturated rings. The number of likely N-dealkylation sites (tertiary alicyclic amines) is 1. The van der Waals surface area contributed by atoms with Crippen molar-refractivity contribution in [3.05, 3.63) is 39.3 Å². The van der Waals surface area contributed by atoms with Crippen molar-refractivity contribution in [3.63, 3.8) is 0 Å². The highest BCUT2D eigenvalue weighted by Gasteiger charge is 2.31. The number of piperidine rings is 1. The fraction of sp³-hybridized carbons (Fsp3) is 0.600. The van der Waals surface area contributed by atoms with Crippen LogP contribution in [0.1, 0.15) is 40.7 Å². The number of thiophene rings is 1. The summed E-state index contributed by atoms with van der Waals surface area (Å²) in [6.45, 7) is 7.01. The van der Waals surface area contributed by atoms with Crippen molar-refractivity contribution >= 4 is 17.3 Å². The normalized spacial score (nSPS) is 21.4. The summed E-state index contributed by atoms with van der Waals surface area (Å²) < 4.78 is 1.94. The van der Waals surface area contributed by atoms with Crippen molar-refractivity contribution in [2.45, 2.75) is 39.3 Å². The third-order valence-corrected chi connectivity index (χ3v) is 6.63. The molecule has 1 saturated heterocycles. The lowest BCUT2D eigenvalue weighted by Gasteiger charge is -2.39. The lowest BCUT2D eigenvalue weighted by Crippen LogP contribution is -2.44. The van der Waals surface area contributed by atoms with Crippen LogP contribution in [0.2, 0.25) is 0 Å². The zero-order valence-electron chi connectivity index (χ0n) is 17.1. The molecule has 27 heavy (non-hydrogen) atoms. The zero-order chi connectivity index (χ0) is 19.4. The van der Waals surface area contributed by atoms with Gasteiger partial charge in [0.15, 0.2) is 5.96 Å². The molecular weight excluding hydrogens is 356 g/mol. The number of hydrogen-bond acceptors (Lipinski definition) is 4. The second-order valence-electron chi connectivity index (χ2n) is 7.42. The van der Waals surface area contributed by atoms with E-state index < -0.39 is 0 Å². The van der Waals surface area contributed by atoms with Crippen molar-refractivity contribution < 1.29 is 0 Å². The van der Waals surface area contributed by atoms with Gasteiger partial charge in [0.2, 0.25) is 0 Å². The molecule has 6 nitrogen and oxygen atoms in total. The van der Waals surface area contributed by atoms with Crippen LogP contribution in [0.3, 0.4) is 0 Å². The molecule has 0 amide bonds. The van der Waals surface area contributed by atoms with Crippen LogP contribution in [0.15, 0.2) is 22.5 Å². The Kier molecular flexibility index (Phi) is 6.55. The molecule has 0 spiro atoms. The molecular formula is C20H32N6S. The quantitative estimate of drug-likeness (QED) is 0.611. The van der Waals surface area contributed by atoms with E-state index in [0.29, 0.717) is 12.0 Å². The Bertz CT molecular complexity index is 764. The molecule has 3 heterocycles. The van der Waals surface area contributed by atoms with Gasteiger partial charge in [-0.15, -0.1) is 11.3 Å². The van der Waals surface area contributed by atoms with Crippen molar-refractivity contribution in [2.24, 2.45) is 18.0 Å². The van der Waals surface area contributed by atoms with Crippen molar-refractivity contribution in [1.82, 2.24) is 25.3 Å². The summed E-state index contributed by atoms with van der Waals surface area (Å²) in [7, 11) is 6.07. The molecule has 1 aliphatic rings. The Morgan fingerprint density at radius 1 is 1.33 bits per heavy atom. The summed E-state index contributed by atoms with van der Waals surface area (Å²) in [5.74, 6) is 1.44. The summed E-state index contributed by atoms with van der Waals surface area (Å²) in [5.41, 5.74) is 3.51. The highest BCUT2D eigenvalue weighted by Crippen LogP contribution is 2.36. The van der Waals surface area contributed by atoms with E-state index in [1.807, 2.05) is 30.1 Å². The van der Waals surface area contributed by atoms with E-state index in [0.717, 1.165) is 24.7 Å². The van der Waals surface area contributed by atoms with Crippen molar-refractivity contribution in [2.75, 3.05) is 27.2 Å². The summed E-state index contributed by atoms with van der Waals surface area (Å²) in [6, 6.07) is 4.92. The van der Waals surface area contributed by atoms with Gasteiger partial charge in [-0.1, -0.05) is 6.07 Å². The third kappa shape index (κ3) is 4.52. The lowest BCUT2D eigenvalue weighted by atomic mass is 9.88. The van der Waals surface area contributed by atoms with Gasteiger partial charge >= 0.3 is 0 Å². The second kappa shape index (κ2) is 8.89. The van der Waals surface area contributed by atoms with Gasteiger partial charge in [0.25, 0.3) is 0 Å². The topological polar surface area (TPSA) is 57.5 Å². The maximum Gasteiger partial charge on any atom is 0.191 e.